The Morgan fingerprint density at radius 2 is 0.933 bits per heavy atom. The average molecular weight is 763 g/mol. The molecule has 0 aliphatic rings. The predicted molar refractivity (Wildman–Crippen MR) is 241 cm³/mol. The van der Waals surface area contributed by atoms with Crippen LogP contribution < -0.4 is 0 Å². The fourth-order valence-corrected chi connectivity index (χ4v) is 10.1. The number of aromatic nitrogens is 6. The first-order valence-corrected chi connectivity index (χ1v) is 19.6. The Labute approximate surface area is 341 Å². The molecule has 274 valence electrons. The number of nitriles is 1. The highest BCUT2D eigenvalue weighted by atomic mass is 15.1. The van der Waals surface area contributed by atoms with Crippen molar-refractivity contribution in [2.45, 2.75) is 0 Å². The summed E-state index contributed by atoms with van der Waals surface area (Å²) >= 11 is 0. The maximum Gasteiger partial charge on any atom is 0.220 e. The van der Waals surface area contributed by atoms with Crippen molar-refractivity contribution in [2.75, 3.05) is 0 Å². The molecule has 0 N–H and O–H groups in total. The van der Waals surface area contributed by atoms with Crippen molar-refractivity contribution < 1.29 is 0 Å². The number of hydrogen-bond donors (Lipinski definition) is 0. The van der Waals surface area contributed by atoms with Crippen molar-refractivity contribution in [3.63, 3.8) is 0 Å². The summed E-state index contributed by atoms with van der Waals surface area (Å²) in [6.07, 6.45) is 11.3. The number of pyridine rings is 4. The molecule has 13 aromatic rings. The summed E-state index contributed by atoms with van der Waals surface area (Å²) in [6.45, 7) is 9.11. The second-order valence-electron chi connectivity index (χ2n) is 15.2. The molecule has 0 bridgehead atoms. The molecule has 0 aliphatic carbocycles. The van der Waals surface area contributed by atoms with E-state index in [1.165, 1.54) is 0 Å². The molecule has 8 heteroatoms. The Balaban J connectivity index is 1.33. The third-order valence-corrected chi connectivity index (χ3v) is 12.4. The SMILES string of the molecule is [C-]#[N+]c1c(-c2ccccc2)c(C#N)c(-n2c3nccc4c5ccccc5c5ccnc2c5c43)c(-c2ccccc2)c1-n1c2cncc3c4ccccc4c4cncc1c4c32. The zero-order valence-corrected chi connectivity index (χ0v) is 31.6. The van der Waals surface area contributed by atoms with Gasteiger partial charge in [0.25, 0.3) is 0 Å². The van der Waals surface area contributed by atoms with Gasteiger partial charge in [0.15, 0.2) is 0 Å². The topological polar surface area (TPSA) is 89.6 Å². The van der Waals surface area contributed by atoms with Crippen LogP contribution in [0.1, 0.15) is 5.56 Å². The lowest BCUT2D eigenvalue weighted by molar-refractivity contribution is 1.09. The minimum atomic E-state index is 0.339. The molecule has 0 radical (unpaired) electrons. The van der Waals surface area contributed by atoms with E-state index in [2.05, 4.69) is 80.7 Å². The predicted octanol–water partition coefficient (Wildman–Crippen LogP) is 12.7. The Bertz CT molecular complexity index is 3620. The van der Waals surface area contributed by atoms with E-state index in [9.17, 15) is 5.26 Å². The molecule has 0 fully saturated rings. The highest BCUT2D eigenvalue weighted by molar-refractivity contribution is 6.35. The van der Waals surface area contributed by atoms with Gasteiger partial charge in [0.05, 0.1) is 46.9 Å². The molecule has 7 aromatic carbocycles. The van der Waals surface area contributed by atoms with Crippen molar-refractivity contribution >= 4 is 92.6 Å². The molecular weight excluding hydrogens is 737 g/mol. The van der Waals surface area contributed by atoms with Gasteiger partial charge in [0.1, 0.15) is 17.4 Å². The van der Waals surface area contributed by atoms with Gasteiger partial charge in [0, 0.05) is 68.2 Å². The number of hydrogen-bond acceptors (Lipinski definition) is 5. The third kappa shape index (κ3) is 4.01. The van der Waals surface area contributed by atoms with Gasteiger partial charge in [-0.05, 0) is 55.6 Å². The summed E-state index contributed by atoms with van der Waals surface area (Å²) in [5.41, 5.74) is 7.70. The first kappa shape index (κ1) is 32.4. The van der Waals surface area contributed by atoms with E-state index in [0.717, 1.165) is 86.8 Å². The average Bonchev–Trinajstić information content (AvgIpc) is 3.84. The van der Waals surface area contributed by atoms with Crippen molar-refractivity contribution in [1.82, 2.24) is 29.1 Å². The number of rotatable bonds is 4. The molecule has 0 aliphatic heterocycles. The third-order valence-electron chi connectivity index (χ3n) is 12.4. The van der Waals surface area contributed by atoms with Crippen LogP contribution in [0.25, 0.3) is 125 Å². The molecule has 8 nitrogen and oxygen atoms in total. The van der Waals surface area contributed by atoms with Gasteiger partial charge in [-0.2, -0.15) is 5.26 Å². The standard InChI is InChI=1S/C52H26N8/c1-54-48-42(29-12-4-2-5-13-29)37(24-53)49(60-51-46-35(20-22-57-51)31-16-8-9-17-32(31)36-21-23-58-52(60)47(36)46)43(30-14-6-3-7-15-30)50(48)59-40-27-55-25-38-33-18-10-11-19-34(33)39-26-56-28-41(59)45(39)44(38)40/h2-23,25-28H. The van der Waals surface area contributed by atoms with E-state index >= 15 is 0 Å². The lowest BCUT2D eigenvalue weighted by Gasteiger charge is -2.25. The van der Waals surface area contributed by atoms with Gasteiger partial charge >= 0.3 is 0 Å². The lowest BCUT2D eigenvalue weighted by Crippen LogP contribution is -2.09. The second-order valence-corrected chi connectivity index (χ2v) is 15.2. The Hall–Kier alpha value is -8.72. The van der Waals surface area contributed by atoms with Gasteiger partial charge in [-0.15, -0.1) is 0 Å². The summed E-state index contributed by atoms with van der Waals surface area (Å²) < 4.78 is 4.24. The summed E-state index contributed by atoms with van der Waals surface area (Å²) in [7, 11) is 0. The molecule has 0 saturated heterocycles. The van der Waals surface area contributed by atoms with Crippen LogP contribution in [0, 0.1) is 17.9 Å². The maximum absolute atomic E-state index is 11.7. The van der Waals surface area contributed by atoms with E-state index in [1.54, 1.807) is 0 Å². The minimum Gasteiger partial charge on any atom is -0.315 e. The molecule has 6 aromatic heterocycles. The van der Waals surface area contributed by atoms with Gasteiger partial charge < -0.3 is 4.57 Å². The van der Waals surface area contributed by atoms with Crippen LogP contribution in [-0.2, 0) is 0 Å². The molecule has 0 spiro atoms. The van der Waals surface area contributed by atoms with E-state index in [1.807, 2.05) is 97.8 Å². The molecule has 0 atom stereocenters. The smallest absolute Gasteiger partial charge is 0.220 e. The Morgan fingerprint density at radius 3 is 1.42 bits per heavy atom. The van der Waals surface area contributed by atoms with Crippen molar-refractivity contribution in [1.29, 1.82) is 5.26 Å². The molecule has 0 amide bonds. The van der Waals surface area contributed by atoms with Crippen LogP contribution in [0.5, 0.6) is 0 Å². The zero-order chi connectivity index (χ0) is 39.6. The number of benzene rings is 7. The maximum atomic E-state index is 11.7. The van der Waals surface area contributed by atoms with Gasteiger partial charge in [-0.1, -0.05) is 109 Å². The normalized spacial score (nSPS) is 12.0. The largest absolute Gasteiger partial charge is 0.315 e. The van der Waals surface area contributed by atoms with Crippen molar-refractivity contribution in [3.05, 3.63) is 175 Å². The minimum absolute atomic E-state index is 0.339. The van der Waals surface area contributed by atoms with E-state index in [0.29, 0.717) is 45.0 Å². The van der Waals surface area contributed by atoms with Gasteiger partial charge in [-0.25, -0.2) is 14.8 Å². The number of fused-ring (bicyclic) bond motifs is 6. The van der Waals surface area contributed by atoms with Crippen molar-refractivity contribution in [3.8, 4) is 39.7 Å². The van der Waals surface area contributed by atoms with Crippen LogP contribution in [0.4, 0.5) is 5.69 Å². The van der Waals surface area contributed by atoms with Crippen LogP contribution in [0.2, 0.25) is 0 Å². The highest BCUT2D eigenvalue weighted by Crippen LogP contribution is 2.53. The molecule has 0 unspecified atom stereocenters. The van der Waals surface area contributed by atoms with E-state index in [4.69, 9.17) is 26.5 Å². The van der Waals surface area contributed by atoms with Crippen LogP contribution in [0.15, 0.2) is 159 Å². The van der Waals surface area contributed by atoms with Gasteiger partial charge in [0.2, 0.25) is 5.69 Å². The first-order chi connectivity index (χ1) is 29.8. The monoisotopic (exact) mass is 762 g/mol. The molecular formula is C52H26N8. The quantitative estimate of drug-likeness (QED) is 0.132. The Morgan fingerprint density at radius 1 is 0.467 bits per heavy atom. The van der Waals surface area contributed by atoms with Crippen molar-refractivity contribution in [2.24, 2.45) is 0 Å². The fraction of sp³-hybridized carbons (Fsp3) is 0. The summed E-state index contributed by atoms with van der Waals surface area (Å²) in [6, 6.07) is 43.5. The molecule has 6 heterocycles. The Kier molecular flexibility index (Phi) is 6.42. The highest BCUT2D eigenvalue weighted by Gasteiger charge is 2.33. The van der Waals surface area contributed by atoms with E-state index < -0.39 is 0 Å². The molecule has 13 rings (SSSR count). The molecule has 60 heavy (non-hydrogen) atoms. The zero-order valence-electron chi connectivity index (χ0n) is 31.6. The van der Waals surface area contributed by atoms with Crippen LogP contribution in [-0.4, -0.2) is 29.1 Å². The lowest BCUT2D eigenvalue weighted by atomic mass is 9.89. The second kappa shape index (κ2) is 11.9. The van der Waals surface area contributed by atoms with Gasteiger partial charge in [-0.3, -0.25) is 14.5 Å². The summed E-state index contributed by atoms with van der Waals surface area (Å²) in [5, 5.41) is 24.2. The summed E-state index contributed by atoms with van der Waals surface area (Å²) in [4.78, 5) is 24.4. The molecule has 0 saturated carbocycles. The number of nitrogens with zero attached hydrogens (tertiary/aromatic N) is 8. The van der Waals surface area contributed by atoms with E-state index in [-0.39, 0.29) is 0 Å². The van der Waals surface area contributed by atoms with Crippen LogP contribution in [0.3, 0.4) is 0 Å². The summed E-state index contributed by atoms with van der Waals surface area (Å²) in [5.74, 6) is 0. The van der Waals surface area contributed by atoms with Crippen LogP contribution >= 0.6 is 0 Å². The first-order valence-electron chi connectivity index (χ1n) is 19.6. The fourth-order valence-electron chi connectivity index (χ4n) is 10.1.